The number of rotatable bonds is 5. The molecule has 1 heterocycles. The fourth-order valence-corrected chi connectivity index (χ4v) is 2.12. The molecule has 1 aromatic carbocycles. The Morgan fingerprint density at radius 1 is 1.24 bits per heavy atom. The minimum atomic E-state index is -0.145. The highest BCUT2D eigenvalue weighted by atomic mass is 16.1. The van der Waals surface area contributed by atoms with E-state index in [-0.39, 0.29) is 5.91 Å². The lowest BCUT2D eigenvalue weighted by Crippen LogP contribution is -2.16. The van der Waals surface area contributed by atoms with Gasteiger partial charge in [-0.05, 0) is 44.0 Å². The zero-order valence-electron chi connectivity index (χ0n) is 12.7. The number of pyridine rings is 1. The Balaban J connectivity index is 2.20. The van der Waals surface area contributed by atoms with E-state index in [2.05, 4.69) is 28.6 Å². The second-order valence-electron chi connectivity index (χ2n) is 5.10. The lowest BCUT2D eigenvalue weighted by molar-refractivity contribution is 0.102. The summed E-state index contributed by atoms with van der Waals surface area (Å²) in [5.41, 5.74) is 3.62. The summed E-state index contributed by atoms with van der Waals surface area (Å²) in [5.74, 6) is 0.482. The van der Waals surface area contributed by atoms with Crippen LogP contribution in [0.3, 0.4) is 0 Å². The van der Waals surface area contributed by atoms with E-state index in [1.165, 1.54) is 5.56 Å². The smallest absolute Gasteiger partial charge is 0.259 e. The normalized spacial score (nSPS) is 10.2. The van der Waals surface area contributed by atoms with Crippen LogP contribution >= 0.6 is 0 Å². The van der Waals surface area contributed by atoms with Gasteiger partial charge in [-0.2, -0.15) is 0 Å². The highest BCUT2D eigenvalue weighted by Gasteiger charge is 2.13. The molecule has 0 bridgehead atoms. The van der Waals surface area contributed by atoms with Crippen molar-refractivity contribution < 1.29 is 4.79 Å². The van der Waals surface area contributed by atoms with Crippen LogP contribution in [0.5, 0.6) is 0 Å². The van der Waals surface area contributed by atoms with Crippen LogP contribution in [0.4, 0.5) is 11.5 Å². The molecule has 2 N–H and O–H groups in total. The zero-order valence-corrected chi connectivity index (χ0v) is 12.7. The summed E-state index contributed by atoms with van der Waals surface area (Å²) in [6.45, 7) is 6.89. The Hall–Kier alpha value is -2.36. The molecule has 0 radical (unpaired) electrons. The Labute approximate surface area is 125 Å². The van der Waals surface area contributed by atoms with Gasteiger partial charge < -0.3 is 10.6 Å². The van der Waals surface area contributed by atoms with E-state index < -0.39 is 0 Å². The third-order valence-electron chi connectivity index (χ3n) is 3.22. The summed E-state index contributed by atoms with van der Waals surface area (Å²) in [4.78, 5) is 16.7. The molecule has 1 aromatic heterocycles. The van der Waals surface area contributed by atoms with Crippen LogP contribution in [0.15, 0.2) is 36.5 Å². The van der Waals surface area contributed by atoms with E-state index >= 15 is 0 Å². The Morgan fingerprint density at radius 3 is 2.76 bits per heavy atom. The number of aryl methyl sites for hydroxylation is 2. The molecule has 2 rings (SSSR count). The molecule has 4 nitrogen and oxygen atoms in total. The molecular weight excluding hydrogens is 262 g/mol. The molecule has 0 aliphatic rings. The SMILES string of the molecule is CCCNc1ncccc1C(=O)Nc1ccc(C)cc1C. The van der Waals surface area contributed by atoms with Gasteiger partial charge in [-0.25, -0.2) is 4.98 Å². The first-order valence-corrected chi connectivity index (χ1v) is 7.19. The van der Waals surface area contributed by atoms with Gasteiger partial charge in [0.05, 0.1) is 5.56 Å². The van der Waals surface area contributed by atoms with Gasteiger partial charge in [0.1, 0.15) is 5.82 Å². The van der Waals surface area contributed by atoms with Crippen molar-refractivity contribution in [1.82, 2.24) is 4.98 Å². The summed E-state index contributed by atoms with van der Waals surface area (Å²) in [6.07, 6.45) is 2.67. The van der Waals surface area contributed by atoms with Crippen LogP contribution in [-0.4, -0.2) is 17.4 Å². The number of aromatic nitrogens is 1. The number of nitrogens with zero attached hydrogens (tertiary/aromatic N) is 1. The van der Waals surface area contributed by atoms with Gasteiger partial charge >= 0.3 is 0 Å². The topological polar surface area (TPSA) is 54.0 Å². The first-order chi connectivity index (χ1) is 10.1. The van der Waals surface area contributed by atoms with Gasteiger partial charge in [0, 0.05) is 18.4 Å². The van der Waals surface area contributed by atoms with Crippen molar-refractivity contribution in [2.45, 2.75) is 27.2 Å². The second-order valence-corrected chi connectivity index (χ2v) is 5.10. The van der Waals surface area contributed by atoms with E-state index in [1.54, 1.807) is 18.3 Å². The molecule has 4 heteroatoms. The van der Waals surface area contributed by atoms with E-state index in [0.717, 1.165) is 24.2 Å². The number of hydrogen-bond donors (Lipinski definition) is 2. The van der Waals surface area contributed by atoms with Crippen LogP contribution in [0.25, 0.3) is 0 Å². The number of nitrogens with one attached hydrogen (secondary N) is 2. The molecular formula is C17H21N3O. The standard InChI is InChI=1S/C17H21N3O/c1-4-9-18-16-14(6-5-10-19-16)17(21)20-15-8-7-12(2)11-13(15)3/h5-8,10-11H,4,9H2,1-3H3,(H,18,19)(H,20,21). The lowest BCUT2D eigenvalue weighted by atomic mass is 10.1. The highest BCUT2D eigenvalue weighted by molar-refractivity contribution is 6.07. The van der Waals surface area contributed by atoms with Gasteiger partial charge in [0.2, 0.25) is 0 Å². The fourth-order valence-electron chi connectivity index (χ4n) is 2.12. The van der Waals surface area contributed by atoms with Crippen molar-refractivity contribution >= 4 is 17.4 Å². The van der Waals surface area contributed by atoms with Crippen molar-refractivity contribution in [1.29, 1.82) is 0 Å². The molecule has 110 valence electrons. The summed E-state index contributed by atoms with van der Waals surface area (Å²) in [5, 5.41) is 6.13. The maximum Gasteiger partial charge on any atom is 0.259 e. The third kappa shape index (κ3) is 3.81. The molecule has 2 aromatic rings. The number of carbonyl (C=O) groups is 1. The predicted octanol–water partition coefficient (Wildman–Crippen LogP) is 3.77. The number of hydrogen-bond acceptors (Lipinski definition) is 3. The fraction of sp³-hybridized carbons (Fsp3) is 0.294. The van der Waals surface area contributed by atoms with E-state index in [4.69, 9.17) is 0 Å². The van der Waals surface area contributed by atoms with Gasteiger partial charge in [-0.1, -0.05) is 24.6 Å². The van der Waals surface area contributed by atoms with Crippen LogP contribution in [0.1, 0.15) is 34.8 Å². The molecule has 0 unspecified atom stereocenters. The molecule has 0 saturated carbocycles. The summed E-state index contributed by atoms with van der Waals surface area (Å²) >= 11 is 0. The summed E-state index contributed by atoms with van der Waals surface area (Å²) in [6, 6.07) is 9.52. The Bertz CT molecular complexity index is 638. The van der Waals surface area contributed by atoms with E-state index in [9.17, 15) is 4.79 Å². The van der Waals surface area contributed by atoms with E-state index in [1.807, 2.05) is 26.0 Å². The van der Waals surface area contributed by atoms with Crippen LogP contribution in [0, 0.1) is 13.8 Å². The Kier molecular flexibility index (Phi) is 4.93. The monoisotopic (exact) mass is 283 g/mol. The van der Waals surface area contributed by atoms with Gasteiger partial charge in [0.15, 0.2) is 0 Å². The van der Waals surface area contributed by atoms with Crippen LogP contribution < -0.4 is 10.6 Å². The zero-order chi connectivity index (χ0) is 15.2. The van der Waals surface area contributed by atoms with Crippen LogP contribution in [0.2, 0.25) is 0 Å². The molecule has 0 aliphatic heterocycles. The van der Waals surface area contributed by atoms with Crippen LogP contribution in [-0.2, 0) is 0 Å². The largest absolute Gasteiger partial charge is 0.369 e. The first kappa shape index (κ1) is 15.0. The third-order valence-corrected chi connectivity index (χ3v) is 3.22. The maximum absolute atomic E-state index is 12.4. The van der Waals surface area contributed by atoms with Crippen molar-refractivity contribution in [3.8, 4) is 0 Å². The quantitative estimate of drug-likeness (QED) is 0.878. The van der Waals surface area contributed by atoms with Gasteiger partial charge in [0.25, 0.3) is 5.91 Å². The van der Waals surface area contributed by atoms with Crippen molar-refractivity contribution in [2.75, 3.05) is 17.2 Å². The predicted molar refractivity (Wildman–Crippen MR) is 86.9 cm³/mol. The lowest BCUT2D eigenvalue weighted by Gasteiger charge is -2.12. The van der Waals surface area contributed by atoms with Crippen molar-refractivity contribution in [2.24, 2.45) is 0 Å². The van der Waals surface area contributed by atoms with Crippen molar-refractivity contribution in [3.05, 3.63) is 53.2 Å². The number of benzene rings is 1. The summed E-state index contributed by atoms with van der Waals surface area (Å²) < 4.78 is 0. The molecule has 21 heavy (non-hydrogen) atoms. The van der Waals surface area contributed by atoms with Gasteiger partial charge in [-0.15, -0.1) is 0 Å². The molecule has 0 saturated heterocycles. The highest BCUT2D eigenvalue weighted by Crippen LogP contribution is 2.19. The average Bonchev–Trinajstić information content (AvgIpc) is 2.48. The first-order valence-electron chi connectivity index (χ1n) is 7.19. The number of carbonyl (C=O) groups excluding carboxylic acids is 1. The van der Waals surface area contributed by atoms with E-state index in [0.29, 0.717) is 11.4 Å². The summed E-state index contributed by atoms with van der Waals surface area (Å²) in [7, 11) is 0. The minimum Gasteiger partial charge on any atom is -0.369 e. The number of amides is 1. The second kappa shape index (κ2) is 6.88. The molecule has 0 aliphatic carbocycles. The average molecular weight is 283 g/mol. The van der Waals surface area contributed by atoms with Crippen molar-refractivity contribution in [3.63, 3.8) is 0 Å². The number of anilines is 2. The minimum absolute atomic E-state index is 0.145. The molecule has 0 spiro atoms. The molecule has 1 amide bonds. The van der Waals surface area contributed by atoms with Gasteiger partial charge in [-0.3, -0.25) is 4.79 Å². The molecule has 0 atom stereocenters. The maximum atomic E-state index is 12.4. The molecule has 0 fully saturated rings. The Morgan fingerprint density at radius 2 is 2.05 bits per heavy atom.